The zero-order chi connectivity index (χ0) is 25.4. The minimum absolute atomic E-state index is 0.0984. The average molecular weight is 517 g/mol. The average Bonchev–Trinajstić information content (AvgIpc) is 3.67. The molecule has 1 unspecified atom stereocenters. The molecule has 3 aliphatic rings. The van der Waals surface area contributed by atoms with Gasteiger partial charge in [-0.1, -0.05) is 23.7 Å². The monoisotopic (exact) mass is 516 g/mol. The van der Waals surface area contributed by atoms with E-state index in [0.717, 1.165) is 92.2 Å². The summed E-state index contributed by atoms with van der Waals surface area (Å²) in [5, 5.41) is 5.28. The summed E-state index contributed by atoms with van der Waals surface area (Å²) in [6.45, 7) is 5.87. The summed E-state index contributed by atoms with van der Waals surface area (Å²) in [4.78, 5) is 20.8. The number of carbonyl (C=O) groups is 1. The number of halogens is 1. The number of aromatic nitrogens is 3. The molecule has 1 aliphatic heterocycles. The number of aryl methyl sites for hydroxylation is 1. The molecular weight excluding hydrogens is 484 g/mol. The number of nitrogens with zero attached hydrogens (tertiary/aromatic N) is 4. The van der Waals surface area contributed by atoms with Gasteiger partial charge in [-0.3, -0.25) is 14.7 Å². The summed E-state index contributed by atoms with van der Waals surface area (Å²) < 4.78 is 7.42. The highest BCUT2D eigenvalue weighted by atomic mass is 35.5. The van der Waals surface area contributed by atoms with Gasteiger partial charge in [0.1, 0.15) is 0 Å². The number of pyridine rings is 1. The lowest BCUT2D eigenvalue weighted by molar-refractivity contribution is 0.0150. The number of Topliss-reactive ketones (excluding diaryl/α,β-unsaturated/α-hetero) is 1. The number of hydrogen-bond donors (Lipinski definition) is 0. The number of ketones is 1. The van der Waals surface area contributed by atoms with E-state index >= 15 is 0 Å². The van der Waals surface area contributed by atoms with Gasteiger partial charge in [0.25, 0.3) is 0 Å². The van der Waals surface area contributed by atoms with E-state index in [4.69, 9.17) is 21.3 Å². The third kappa shape index (κ3) is 5.28. The van der Waals surface area contributed by atoms with Crippen LogP contribution in [-0.4, -0.2) is 57.8 Å². The van der Waals surface area contributed by atoms with Crippen molar-refractivity contribution in [2.45, 2.75) is 57.4 Å². The van der Waals surface area contributed by atoms with Gasteiger partial charge in [0.2, 0.25) is 0 Å². The van der Waals surface area contributed by atoms with Gasteiger partial charge < -0.3 is 4.74 Å². The summed E-state index contributed by atoms with van der Waals surface area (Å²) in [6, 6.07) is 10.4. The number of ether oxygens (including phenoxy) is 1. The smallest absolute Gasteiger partial charge is 0.170 e. The van der Waals surface area contributed by atoms with Crippen LogP contribution in [0.25, 0.3) is 11.3 Å². The van der Waals surface area contributed by atoms with Gasteiger partial charge in [0, 0.05) is 42.7 Å². The van der Waals surface area contributed by atoms with Crippen LogP contribution >= 0.6 is 11.6 Å². The summed E-state index contributed by atoms with van der Waals surface area (Å²) in [5.41, 5.74) is 7.18. The number of carbonyl (C=O) groups excluding carboxylic acids is 1. The molecule has 3 aromatic rings. The SMILES string of the molecule is Cc1cc(CC(=O)c2cnn(-c3ccc(Cl)cc3)c2C2CC2)cnc1C1=CCC(N2CCOCC2)CC1. The van der Waals surface area contributed by atoms with E-state index in [1.807, 2.05) is 35.1 Å². The van der Waals surface area contributed by atoms with Crippen molar-refractivity contribution in [1.29, 1.82) is 0 Å². The molecule has 0 N–H and O–H groups in total. The minimum Gasteiger partial charge on any atom is -0.379 e. The zero-order valence-corrected chi connectivity index (χ0v) is 22.1. The molecule has 3 heterocycles. The Balaban J connectivity index is 1.16. The first kappa shape index (κ1) is 24.5. The largest absolute Gasteiger partial charge is 0.379 e. The Bertz CT molecular complexity index is 1320. The number of hydrogen-bond acceptors (Lipinski definition) is 5. The minimum atomic E-state index is 0.0984. The molecule has 2 fully saturated rings. The second-order valence-corrected chi connectivity index (χ2v) is 11.0. The van der Waals surface area contributed by atoms with Gasteiger partial charge in [-0.2, -0.15) is 5.10 Å². The van der Waals surface area contributed by atoms with Crippen molar-refractivity contribution in [3.63, 3.8) is 0 Å². The van der Waals surface area contributed by atoms with Gasteiger partial charge in [-0.15, -0.1) is 0 Å². The van der Waals surface area contributed by atoms with Gasteiger partial charge in [-0.25, -0.2) is 4.68 Å². The second kappa shape index (κ2) is 10.5. The number of morpholine rings is 1. The lowest BCUT2D eigenvalue weighted by Gasteiger charge is -2.36. The molecule has 1 atom stereocenters. The Labute approximate surface area is 223 Å². The third-order valence-corrected chi connectivity index (χ3v) is 8.14. The molecule has 6 nitrogen and oxygen atoms in total. The first-order valence-corrected chi connectivity index (χ1v) is 13.8. The molecule has 2 aliphatic carbocycles. The topological polar surface area (TPSA) is 60.2 Å². The summed E-state index contributed by atoms with van der Waals surface area (Å²) >= 11 is 6.07. The van der Waals surface area contributed by atoms with Gasteiger partial charge in [0.15, 0.2) is 5.78 Å². The summed E-state index contributed by atoms with van der Waals surface area (Å²) in [5.74, 6) is 0.486. The van der Waals surface area contributed by atoms with Crippen LogP contribution in [0.15, 0.2) is 48.8 Å². The van der Waals surface area contributed by atoms with Crippen LogP contribution in [-0.2, 0) is 11.2 Å². The van der Waals surface area contributed by atoms with E-state index in [2.05, 4.69) is 29.1 Å². The van der Waals surface area contributed by atoms with Crippen LogP contribution < -0.4 is 0 Å². The predicted molar refractivity (Wildman–Crippen MR) is 146 cm³/mol. The zero-order valence-electron chi connectivity index (χ0n) is 21.3. The van der Waals surface area contributed by atoms with Crippen LogP contribution in [0.2, 0.25) is 5.02 Å². The van der Waals surface area contributed by atoms with Crippen molar-refractivity contribution < 1.29 is 9.53 Å². The van der Waals surface area contributed by atoms with E-state index < -0.39 is 0 Å². The maximum Gasteiger partial charge on any atom is 0.170 e. The first-order valence-electron chi connectivity index (χ1n) is 13.4. The van der Waals surface area contributed by atoms with E-state index in [1.165, 1.54) is 5.57 Å². The van der Waals surface area contributed by atoms with Gasteiger partial charge in [0.05, 0.1) is 42.0 Å². The fourth-order valence-corrected chi connectivity index (χ4v) is 5.89. The molecule has 0 amide bonds. The third-order valence-electron chi connectivity index (χ3n) is 7.89. The molecule has 1 saturated heterocycles. The molecule has 192 valence electrons. The Kier molecular flexibility index (Phi) is 6.98. The predicted octanol–water partition coefficient (Wildman–Crippen LogP) is 5.80. The Hall–Kier alpha value is -2.80. The molecule has 1 aromatic carbocycles. The first-order chi connectivity index (χ1) is 18.1. The second-order valence-electron chi connectivity index (χ2n) is 10.5. The van der Waals surface area contributed by atoms with Crippen LogP contribution in [0, 0.1) is 6.92 Å². The standard InChI is InChI=1S/C30H33ClN4O2/c1-20-16-21(18-32-29(20)22-4-8-25(9-5-22)34-12-14-37-15-13-34)17-28(36)27-19-33-35(30(27)23-2-3-23)26-10-6-24(31)7-11-26/h4,6-7,10-11,16,18-19,23,25H,2-3,5,8-9,12-15,17H2,1H3. The van der Waals surface area contributed by atoms with Gasteiger partial charge in [-0.05, 0) is 80.0 Å². The highest BCUT2D eigenvalue weighted by Crippen LogP contribution is 2.43. The van der Waals surface area contributed by atoms with E-state index in [-0.39, 0.29) is 5.78 Å². The summed E-state index contributed by atoms with van der Waals surface area (Å²) in [6.07, 6.45) is 11.8. The molecule has 0 bridgehead atoms. The fraction of sp³-hybridized carbons (Fsp3) is 0.433. The Morgan fingerprint density at radius 3 is 2.57 bits per heavy atom. The van der Waals surface area contributed by atoms with Crippen molar-refractivity contribution >= 4 is 23.0 Å². The molecule has 0 spiro atoms. The van der Waals surface area contributed by atoms with Crippen molar-refractivity contribution in [3.05, 3.63) is 81.9 Å². The van der Waals surface area contributed by atoms with E-state index in [9.17, 15) is 4.79 Å². The molecule has 6 rings (SSSR count). The summed E-state index contributed by atoms with van der Waals surface area (Å²) in [7, 11) is 0. The van der Waals surface area contributed by atoms with Crippen LogP contribution in [0.1, 0.15) is 70.9 Å². The molecular formula is C30H33ClN4O2. The van der Waals surface area contributed by atoms with Gasteiger partial charge >= 0.3 is 0 Å². The van der Waals surface area contributed by atoms with E-state index in [0.29, 0.717) is 23.4 Å². The molecule has 1 saturated carbocycles. The maximum atomic E-state index is 13.4. The van der Waals surface area contributed by atoms with Crippen LogP contribution in [0.3, 0.4) is 0 Å². The molecule has 7 heteroatoms. The molecule has 37 heavy (non-hydrogen) atoms. The molecule has 2 aromatic heterocycles. The van der Waals surface area contributed by atoms with Crippen LogP contribution in [0.5, 0.6) is 0 Å². The maximum absolute atomic E-state index is 13.4. The normalized spacial score (nSPS) is 20.6. The van der Waals surface area contributed by atoms with Crippen molar-refractivity contribution in [3.8, 4) is 5.69 Å². The number of benzene rings is 1. The quantitative estimate of drug-likeness (QED) is 0.371. The van der Waals surface area contributed by atoms with E-state index in [1.54, 1.807) is 6.20 Å². The van der Waals surface area contributed by atoms with Crippen molar-refractivity contribution in [1.82, 2.24) is 19.7 Å². The number of allylic oxidation sites excluding steroid dienone is 1. The lowest BCUT2D eigenvalue weighted by atomic mass is 9.90. The molecule has 0 radical (unpaired) electrons. The highest BCUT2D eigenvalue weighted by Gasteiger charge is 2.33. The van der Waals surface area contributed by atoms with Crippen LogP contribution in [0.4, 0.5) is 0 Å². The highest BCUT2D eigenvalue weighted by molar-refractivity contribution is 6.30. The Morgan fingerprint density at radius 2 is 1.89 bits per heavy atom. The van der Waals surface area contributed by atoms with Crippen molar-refractivity contribution in [2.24, 2.45) is 0 Å². The van der Waals surface area contributed by atoms with Crippen molar-refractivity contribution in [2.75, 3.05) is 26.3 Å². The number of rotatable bonds is 7. The lowest BCUT2D eigenvalue weighted by Crippen LogP contribution is -2.43. The fourth-order valence-electron chi connectivity index (χ4n) is 5.77. The Morgan fingerprint density at radius 1 is 1.11 bits per heavy atom.